The number of aromatic carboxylic acids is 1. The van der Waals surface area contributed by atoms with Crippen LogP contribution in [0.4, 0.5) is 10.1 Å². The second-order valence-electron chi connectivity index (χ2n) is 6.30. The minimum atomic E-state index is -1.09. The van der Waals surface area contributed by atoms with E-state index in [2.05, 4.69) is 10.3 Å². The van der Waals surface area contributed by atoms with Crippen LogP contribution in [0.3, 0.4) is 0 Å². The molecule has 0 atom stereocenters. The van der Waals surface area contributed by atoms with Crippen LogP contribution in [0.2, 0.25) is 0 Å². The highest BCUT2D eigenvalue weighted by molar-refractivity contribution is 6.36. The Bertz CT molecular complexity index is 1130. The molecule has 0 bridgehead atoms. The van der Waals surface area contributed by atoms with Crippen molar-refractivity contribution in [3.05, 3.63) is 76.9 Å². The fourth-order valence-electron chi connectivity index (χ4n) is 3.34. The molecule has 4 rings (SSSR count). The third-order valence-corrected chi connectivity index (χ3v) is 4.49. The van der Waals surface area contributed by atoms with E-state index in [-0.39, 0.29) is 17.0 Å². The van der Waals surface area contributed by atoms with Gasteiger partial charge in [-0.2, -0.15) is 0 Å². The lowest BCUT2D eigenvalue weighted by atomic mass is 9.94. The van der Waals surface area contributed by atoms with E-state index in [0.29, 0.717) is 33.8 Å². The van der Waals surface area contributed by atoms with Crippen molar-refractivity contribution in [1.82, 2.24) is 4.98 Å². The number of nitrogens with one attached hydrogen (secondary N) is 2. The SMILES string of the molecule is Cc1cc(C(=O)O)c(C=C2C(=O)Nc3cccc(-c4ccccc4F)c32)[nH]1. The van der Waals surface area contributed by atoms with E-state index in [4.69, 9.17) is 0 Å². The minimum absolute atomic E-state index is 0.0737. The molecule has 134 valence electrons. The van der Waals surface area contributed by atoms with Crippen molar-refractivity contribution in [2.75, 3.05) is 5.32 Å². The van der Waals surface area contributed by atoms with Crippen LogP contribution in [0.15, 0.2) is 48.5 Å². The number of benzene rings is 2. The number of anilines is 1. The van der Waals surface area contributed by atoms with Crippen LogP contribution in [0.1, 0.15) is 27.3 Å². The molecule has 0 fully saturated rings. The Kier molecular flexibility index (Phi) is 3.88. The van der Waals surface area contributed by atoms with Gasteiger partial charge in [0.15, 0.2) is 0 Å². The number of carbonyl (C=O) groups excluding carboxylic acids is 1. The largest absolute Gasteiger partial charge is 0.478 e. The zero-order chi connectivity index (χ0) is 19.1. The molecule has 27 heavy (non-hydrogen) atoms. The van der Waals surface area contributed by atoms with Gasteiger partial charge in [0.05, 0.1) is 16.8 Å². The summed E-state index contributed by atoms with van der Waals surface area (Å²) < 4.78 is 14.4. The molecule has 0 unspecified atom stereocenters. The molecule has 2 aromatic carbocycles. The van der Waals surface area contributed by atoms with Crippen LogP contribution in [0, 0.1) is 12.7 Å². The number of carboxylic acids is 1. The lowest BCUT2D eigenvalue weighted by Crippen LogP contribution is -2.04. The molecule has 1 aliphatic heterocycles. The van der Waals surface area contributed by atoms with Gasteiger partial charge in [0, 0.05) is 22.5 Å². The standard InChI is InChI=1S/C21H15FN2O3/c1-11-9-14(21(26)27)18(23-11)10-15-19-13(12-5-2-3-7-16(12)22)6-4-8-17(19)24-20(15)25/h2-10,23H,1H3,(H,24,25)(H,26,27). The second kappa shape index (κ2) is 6.25. The molecule has 0 radical (unpaired) electrons. The van der Waals surface area contributed by atoms with E-state index in [1.165, 1.54) is 18.2 Å². The van der Waals surface area contributed by atoms with Crippen LogP contribution in [-0.4, -0.2) is 22.0 Å². The molecule has 0 aliphatic carbocycles. The van der Waals surface area contributed by atoms with E-state index < -0.39 is 11.8 Å². The Morgan fingerprint density at radius 3 is 2.59 bits per heavy atom. The summed E-state index contributed by atoms with van der Waals surface area (Å²) in [6.45, 7) is 1.74. The smallest absolute Gasteiger partial charge is 0.337 e. The first kappa shape index (κ1) is 16.8. The Morgan fingerprint density at radius 1 is 1.11 bits per heavy atom. The fourth-order valence-corrected chi connectivity index (χ4v) is 3.34. The molecule has 3 aromatic rings. The number of hydrogen-bond acceptors (Lipinski definition) is 2. The number of carbonyl (C=O) groups is 2. The van der Waals surface area contributed by atoms with Crippen LogP contribution in [0.5, 0.6) is 0 Å². The number of hydrogen-bond donors (Lipinski definition) is 3. The first-order chi connectivity index (χ1) is 13.0. The molecule has 6 heteroatoms. The molecule has 2 heterocycles. The Balaban J connectivity index is 1.94. The number of halogens is 1. The highest BCUT2D eigenvalue weighted by Crippen LogP contribution is 2.41. The van der Waals surface area contributed by atoms with Crippen molar-refractivity contribution < 1.29 is 19.1 Å². The summed E-state index contributed by atoms with van der Waals surface area (Å²) >= 11 is 0. The van der Waals surface area contributed by atoms with Gasteiger partial charge in [-0.25, -0.2) is 9.18 Å². The number of carboxylic acid groups (broad SMARTS) is 1. The van der Waals surface area contributed by atoms with E-state index in [1.807, 2.05) is 0 Å². The highest BCUT2D eigenvalue weighted by Gasteiger charge is 2.28. The number of fused-ring (bicyclic) bond motifs is 1. The normalized spacial score (nSPS) is 14.3. The molecule has 1 amide bonds. The highest BCUT2D eigenvalue weighted by atomic mass is 19.1. The predicted octanol–water partition coefficient (Wildman–Crippen LogP) is 4.32. The van der Waals surface area contributed by atoms with E-state index in [9.17, 15) is 19.1 Å². The maximum atomic E-state index is 14.4. The summed E-state index contributed by atoms with van der Waals surface area (Å²) in [6, 6.07) is 13.0. The topological polar surface area (TPSA) is 82.2 Å². The van der Waals surface area contributed by atoms with Gasteiger partial charge in [-0.15, -0.1) is 0 Å². The summed E-state index contributed by atoms with van der Waals surface area (Å²) in [5, 5.41) is 12.1. The van der Waals surface area contributed by atoms with Crippen molar-refractivity contribution >= 4 is 29.2 Å². The van der Waals surface area contributed by atoms with Crippen LogP contribution in [0.25, 0.3) is 22.8 Å². The number of aromatic amines is 1. The molecule has 0 saturated carbocycles. The lowest BCUT2D eigenvalue weighted by Gasteiger charge is -2.09. The van der Waals surface area contributed by atoms with Crippen molar-refractivity contribution in [2.45, 2.75) is 6.92 Å². The third-order valence-electron chi connectivity index (χ3n) is 4.49. The lowest BCUT2D eigenvalue weighted by molar-refractivity contribution is -0.110. The van der Waals surface area contributed by atoms with Crippen molar-refractivity contribution in [2.24, 2.45) is 0 Å². The summed E-state index contributed by atoms with van der Waals surface area (Å²) in [4.78, 5) is 27.0. The first-order valence-corrected chi connectivity index (χ1v) is 8.30. The molecule has 5 nitrogen and oxygen atoms in total. The maximum Gasteiger partial charge on any atom is 0.337 e. The number of amides is 1. The summed E-state index contributed by atoms with van der Waals surface area (Å²) in [6.07, 6.45) is 1.50. The minimum Gasteiger partial charge on any atom is -0.478 e. The van der Waals surface area contributed by atoms with Gasteiger partial charge in [-0.05, 0) is 36.8 Å². The van der Waals surface area contributed by atoms with E-state index in [0.717, 1.165) is 0 Å². The Morgan fingerprint density at radius 2 is 1.85 bits per heavy atom. The number of rotatable bonds is 3. The van der Waals surface area contributed by atoms with E-state index >= 15 is 0 Å². The van der Waals surface area contributed by atoms with Gasteiger partial charge in [0.1, 0.15) is 5.82 Å². The zero-order valence-corrected chi connectivity index (χ0v) is 14.3. The summed E-state index contributed by atoms with van der Waals surface area (Å²) in [7, 11) is 0. The molecular weight excluding hydrogens is 347 g/mol. The average molecular weight is 362 g/mol. The van der Waals surface area contributed by atoms with Crippen LogP contribution >= 0.6 is 0 Å². The van der Waals surface area contributed by atoms with Gasteiger partial charge in [-0.3, -0.25) is 4.79 Å². The van der Waals surface area contributed by atoms with Gasteiger partial charge in [0.25, 0.3) is 5.91 Å². The van der Waals surface area contributed by atoms with Gasteiger partial charge in [0.2, 0.25) is 0 Å². The zero-order valence-electron chi connectivity index (χ0n) is 14.3. The Labute approximate surface area is 154 Å². The van der Waals surface area contributed by atoms with Gasteiger partial charge in [-0.1, -0.05) is 30.3 Å². The van der Waals surface area contributed by atoms with Crippen molar-refractivity contribution in [3.63, 3.8) is 0 Å². The maximum absolute atomic E-state index is 14.4. The number of H-pyrrole nitrogens is 1. The summed E-state index contributed by atoms with van der Waals surface area (Å²) in [5.74, 6) is -1.85. The van der Waals surface area contributed by atoms with Crippen molar-refractivity contribution in [1.29, 1.82) is 0 Å². The van der Waals surface area contributed by atoms with Crippen molar-refractivity contribution in [3.8, 4) is 11.1 Å². The molecule has 1 aliphatic rings. The molecule has 1 aromatic heterocycles. The average Bonchev–Trinajstić information content (AvgIpc) is 3.15. The van der Waals surface area contributed by atoms with Gasteiger partial charge >= 0.3 is 5.97 Å². The first-order valence-electron chi connectivity index (χ1n) is 8.30. The number of aromatic nitrogens is 1. The van der Waals surface area contributed by atoms with E-state index in [1.54, 1.807) is 43.3 Å². The molecule has 0 spiro atoms. The molecule has 0 saturated heterocycles. The number of aryl methyl sites for hydroxylation is 1. The Hall–Kier alpha value is -3.67. The molecule has 3 N–H and O–H groups in total. The van der Waals surface area contributed by atoms with Gasteiger partial charge < -0.3 is 15.4 Å². The van der Waals surface area contributed by atoms with Crippen LogP contribution < -0.4 is 5.32 Å². The third kappa shape index (κ3) is 2.81. The summed E-state index contributed by atoms with van der Waals surface area (Å²) in [5.41, 5.74) is 3.40. The molecular formula is C21H15FN2O3. The quantitative estimate of drug-likeness (QED) is 0.607. The monoisotopic (exact) mass is 362 g/mol. The van der Waals surface area contributed by atoms with Crippen LogP contribution in [-0.2, 0) is 4.79 Å². The fraction of sp³-hybridized carbons (Fsp3) is 0.0476. The second-order valence-corrected chi connectivity index (χ2v) is 6.30. The predicted molar refractivity (Wildman–Crippen MR) is 101 cm³/mol.